The van der Waals surface area contributed by atoms with Gasteiger partial charge in [-0.15, -0.1) is 0 Å². The molecule has 1 saturated heterocycles. The molecule has 18 heavy (non-hydrogen) atoms. The lowest BCUT2D eigenvalue weighted by Gasteiger charge is -2.16. The van der Waals surface area contributed by atoms with E-state index >= 15 is 0 Å². The molecule has 2 rings (SSSR count). The Bertz CT molecular complexity index is 528. The van der Waals surface area contributed by atoms with Gasteiger partial charge in [0.2, 0.25) is 0 Å². The second-order valence-corrected chi connectivity index (χ2v) is 4.38. The van der Waals surface area contributed by atoms with Crippen LogP contribution in [-0.2, 0) is 11.3 Å². The van der Waals surface area contributed by atoms with Crippen molar-refractivity contribution in [1.29, 1.82) is 0 Å². The number of rotatable bonds is 4. The van der Waals surface area contributed by atoms with Gasteiger partial charge in [0.05, 0.1) is 12.6 Å². The van der Waals surface area contributed by atoms with Crippen molar-refractivity contribution in [2.24, 2.45) is 0 Å². The summed E-state index contributed by atoms with van der Waals surface area (Å²) >= 11 is 0. The van der Waals surface area contributed by atoms with Crippen molar-refractivity contribution in [2.45, 2.75) is 32.4 Å². The normalized spacial score (nSPS) is 19.1. The summed E-state index contributed by atoms with van der Waals surface area (Å²) < 4.78 is 6.60. The van der Waals surface area contributed by atoms with Gasteiger partial charge in [-0.05, 0) is 12.8 Å². The van der Waals surface area contributed by atoms with Crippen LogP contribution in [0.15, 0.2) is 9.59 Å². The van der Waals surface area contributed by atoms with Gasteiger partial charge >= 0.3 is 5.69 Å². The van der Waals surface area contributed by atoms with Crippen LogP contribution in [0.25, 0.3) is 0 Å². The molecule has 100 valence electrons. The Kier molecular flexibility index (Phi) is 3.71. The highest BCUT2D eigenvalue weighted by molar-refractivity contribution is 5.60. The lowest BCUT2D eigenvalue weighted by molar-refractivity contribution is 0.195. The zero-order valence-corrected chi connectivity index (χ0v) is 10.4. The molecular formula is C11H18N4O3. The summed E-state index contributed by atoms with van der Waals surface area (Å²) in [6, 6.07) is 0.0704. The molecule has 0 spiro atoms. The van der Waals surface area contributed by atoms with E-state index in [2.05, 4.69) is 10.3 Å². The Morgan fingerprint density at radius 3 is 2.94 bits per heavy atom. The molecule has 1 aromatic rings. The summed E-state index contributed by atoms with van der Waals surface area (Å²) in [5.41, 5.74) is 5.21. The number of aromatic amines is 1. The van der Waals surface area contributed by atoms with Crippen molar-refractivity contribution in [1.82, 2.24) is 9.55 Å². The Hall–Kier alpha value is -1.76. The van der Waals surface area contributed by atoms with Crippen LogP contribution in [-0.4, -0.2) is 28.8 Å². The minimum Gasteiger partial charge on any atom is -0.383 e. The van der Waals surface area contributed by atoms with E-state index in [-0.39, 0.29) is 17.5 Å². The van der Waals surface area contributed by atoms with Crippen LogP contribution in [0.4, 0.5) is 11.5 Å². The van der Waals surface area contributed by atoms with Crippen LogP contribution < -0.4 is 22.3 Å². The van der Waals surface area contributed by atoms with E-state index in [1.807, 2.05) is 6.92 Å². The Balaban J connectivity index is 2.36. The van der Waals surface area contributed by atoms with Crippen molar-refractivity contribution in [2.75, 3.05) is 24.3 Å². The third-order valence-electron chi connectivity index (χ3n) is 2.96. The highest BCUT2D eigenvalue weighted by Gasteiger charge is 2.19. The van der Waals surface area contributed by atoms with Gasteiger partial charge in [-0.25, -0.2) is 4.79 Å². The molecule has 0 saturated carbocycles. The van der Waals surface area contributed by atoms with Crippen LogP contribution in [0, 0.1) is 0 Å². The quantitative estimate of drug-likeness (QED) is 0.686. The van der Waals surface area contributed by atoms with Crippen LogP contribution in [0.5, 0.6) is 0 Å². The number of nitrogens with zero attached hydrogens (tertiary/aromatic N) is 1. The highest BCUT2D eigenvalue weighted by Crippen LogP contribution is 2.15. The fourth-order valence-corrected chi connectivity index (χ4v) is 2.03. The standard InChI is InChI=1S/C11H18N4O3/c1-2-4-15-9(12)8(10(16)14-11(15)17)13-7-3-5-18-6-7/h7,13H,2-6,12H2,1H3,(H,14,16,17). The molecule has 7 heteroatoms. The predicted molar refractivity (Wildman–Crippen MR) is 68.9 cm³/mol. The van der Waals surface area contributed by atoms with E-state index in [9.17, 15) is 9.59 Å². The summed E-state index contributed by atoms with van der Waals surface area (Å²) in [6.07, 6.45) is 1.59. The van der Waals surface area contributed by atoms with E-state index < -0.39 is 11.2 Å². The van der Waals surface area contributed by atoms with Crippen LogP contribution >= 0.6 is 0 Å². The third-order valence-corrected chi connectivity index (χ3v) is 2.96. The summed E-state index contributed by atoms with van der Waals surface area (Å²) in [4.78, 5) is 25.6. The van der Waals surface area contributed by atoms with Crippen molar-refractivity contribution < 1.29 is 4.74 Å². The Morgan fingerprint density at radius 1 is 1.56 bits per heavy atom. The van der Waals surface area contributed by atoms with Crippen molar-refractivity contribution in [3.05, 3.63) is 20.8 Å². The minimum absolute atomic E-state index is 0.0704. The average Bonchev–Trinajstić information content (AvgIpc) is 2.83. The first-order chi connectivity index (χ1) is 8.63. The molecule has 1 atom stereocenters. The predicted octanol–water partition coefficient (Wildman–Crippen LogP) is -0.270. The Morgan fingerprint density at radius 2 is 2.33 bits per heavy atom. The Labute approximate surface area is 104 Å². The van der Waals surface area contributed by atoms with E-state index in [4.69, 9.17) is 10.5 Å². The molecule has 0 amide bonds. The van der Waals surface area contributed by atoms with E-state index in [0.29, 0.717) is 19.8 Å². The number of ether oxygens (including phenoxy) is 1. The molecule has 0 radical (unpaired) electrons. The highest BCUT2D eigenvalue weighted by atomic mass is 16.5. The second kappa shape index (κ2) is 5.26. The monoisotopic (exact) mass is 254 g/mol. The molecule has 7 nitrogen and oxygen atoms in total. The zero-order chi connectivity index (χ0) is 13.1. The van der Waals surface area contributed by atoms with E-state index in [1.165, 1.54) is 4.57 Å². The van der Waals surface area contributed by atoms with Gasteiger partial charge in [0.25, 0.3) is 5.56 Å². The topological polar surface area (TPSA) is 102 Å². The number of nitrogens with two attached hydrogens (primary N) is 1. The van der Waals surface area contributed by atoms with Gasteiger partial charge in [0.15, 0.2) is 0 Å². The maximum atomic E-state index is 11.8. The van der Waals surface area contributed by atoms with Crippen molar-refractivity contribution in [3.8, 4) is 0 Å². The lowest BCUT2D eigenvalue weighted by Crippen LogP contribution is -2.36. The molecule has 1 unspecified atom stereocenters. The number of aromatic nitrogens is 2. The molecule has 0 aliphatic carbocycles. The summed E-state index contributed by atoms with van der Waals surface area (Å²) in [7, 11) is 0. The minimum atomic E-state index is -0.475. The van der Waals surface area contributed by atoms with Gasteiger partial charge in [0, 0.05) is 13.2 Å². The van der Waals surface area contributed by atoms with E-state index in [0.717, 1.165) is 12.8 Å². The maximum absolute atomic E-state index is 11.8. The molecule has 1 fully saturated rings. The molecular weight excluding hydrogens is 236 g/mol. The fraction of sp³-hybridized carbons (Fsp3) is 0.636. The maximum Gasteiger partial charge on any atom is 0.330 e. The molecule has 0 bridgehead atoms. The number of hydrogen-bond acceptors (Lipinski definition) is 5. The number of H-pyrrole nitrogens is 1. The second-order valence-electron chi connectivity index (χ2n) is 4.38. The smallest absolute Gasteiger partial charge is 0.330 e. The summed E-state index contributed by atoms with van der Waals surface area (Å²) in [6.45, 7) is 3.64. The zero-order valence-electron chi connectivity index (χ0n) is 10.4. The molecule has 4 N–H and O–H groups in total. The summed E-state index contributed by atoms with van der Waals surface area (Å²) in [5, 5.41) is 3.05. The number of nitrogens with one attached hydrogen (secondary N) is 2. The van der Waals surface area contributed by atoms with Gasteiger partial charge in [0.1, 0.15) is 11.5 Å². The third kappa shape index (κ3) is 2.40. The van der Waals surface area contributed by atoms with Gasteiger partial charge in [-0.2, -0.15) is 0 Å². The number of nitrogen functional groups attached to an aromatic ring is 1. The molecule has 1 aromatic heterocycles. The largest absolute Gasteiger partial charge is 0.383 e. The summed E-state index contributed by atoms with van der Waals surface area (Å²) in [5.74, 6) is 0.192. The van der Waals surface area contributed by atoms with Gasteiger partial charge < -0.3 is 15.8 Å². The number of hydrogen-bond donors (Lipinski definition) is 3. The number of anilines is 2. The fourth-order valence-electron chi connectivity index (χ4n) is 2.03. The van der Waals surface area contributed by atoms with E-state index in [1.54, 1.807) is 0 Å². The molecule has 1 aliphatic rings. The van der Waals surface area contributed by atoms with Crippen LogP contribution in [0.2, 0.25) is 0 Å². The first-order valence-electron chi connectivity index (χ1n) is 6.10. The first-order valence-corrected chi connectivity index (χ1v) is 6.10. The molecule has 1 aliphatic heterocycles. The SMILES string of the molecule is CCCn1c(N)c(NC2CCOC2)c(=O)[nH]c1=O. The van der Waals surface area contributed by atoms with Crippen LogP contribution in [0.1, 0.15) is 19.8 Å². The van der Waals surface area contributed by atoms with Crippen molar-refractivity contribution >= 4 is 11.5 Å². The molecule has 0 aromatic carbocycles. The average molecular weight is 254 g/mol. The lowest BCUT2D eigenvalue weighted by atomic mass is 10.2. The molecule has 2 heterocycles. The van der Waals surface area contributed by atoms with Crippen molar-refractivity contribution in [3.63, 3.8) is 0 Å². The van der Waals surface area contributed by atoms with Gasteiger partial charge in [-0.1, -0.05) is 6.92 Å². The van der Waals surface area contributed by atoms with Crippen LogP contribution in [0.3, 0.4) is 0 Å². The first kappa shape index (κ1) is 12.7. The van der Waals surface area contributed by atoms with Gasteiger partial charge in [-0.3, -0.25) is 14.3 Å².